The Bertz CT molecular complexity index is 567. The Labute approximate surface area is 122 Å². The van der Waals surface area contributed by atoms with Gasteiger partial charge in [-0.15, -0.1) is 0 Å². The van der Waals surface area contributed by atoms with E-state index in [2.05, 4.69) is 15.8 Å². The molecule has 0 bridgehead atoms. The monoisotopic (exact) mass is 294 g/mol. The van der Waals surface area contributed by atoms with Crippen molar-refractivity contribution in [3.8, 4) is 0 Å². The summed E-state index contributed by atoms with van der Waals surface area (Å²) >= 11 is 7.49. The SMILES string of the molecule is CSNC(=O)c1ccc(Cl)c(C2=CCCC(C)=N2)c1. The molecule has 1 aromatic carbocycles. The first-order valence-corrected chi connectivity index (χ1v) is 7.59. The number of hydrogen-bond donors (Lipinski definition) is 1. The number of carbonyl (C=O) groups is 1. The smallest absolute Gasteiger partial charge is 0.261 e. The molecule has 0 unspecified atom stereocenters. The van der Waals surface area contributed by atoms with Crippen LogP contribution in [0.4, 0.5) is 0 Å². The minimum atomic E-state index is -0.123. The Morgan fingerprint density at radius 1 is 1.47 bits per heavy atom. The van der Waals surface area contributed by atoms with Gasteiger partial charge in [0.2, 0.25) is 0 Å². The van der Waals surface area contributed by atoms with Crippen molar-refractivity contribution in [3.63, 3.8) is 0 Å². The molecule has 1 aromatic rings. The summed E-state index contributed by atoms with van der Waals surface area (Å²) in [4.78, 5) is 16.3. The predicted octanol–water partition coefficient (Wildman–Crippen LogP) is 3.94. The van der Waals surface area contributed by atoms with E-state index in [0.717, 1.165) is 29.8 Å². The Hall–Kier alpha value is -1.26. The van der Waals surface area contributed by atoms with Crippen LogP contribution in [0, 0.1) is 0 Å². The van der Waals surface area contributed by atoms with Crippen molar-refractivity contribution < 1.29 is 4.79 Å². The van der Waals surface area contributed by atoms with E-state index in [1.54, 1.807) is 18.2 Å². The van der Waals surface area contributed by atoms with Crippen LogP contribution in [0.25, 0.3) is 5.70 Å². The Kier molecular flexibility index (Phi) is 4.66. The van der Waals surface area contributed by atoms with Gasteiger partial charge in [0.1, 0.15) is 0 Å². The maximum Gasteiger partial charge on any atom is 0.261 e. The number of carbonyl (C=O) groups excluding carboxylic acids is 1. The van der Waals surface area contributed by atoms with Gasteiger partial charge in [-0.1, -0.05) is 29.6 Å². The summed E-state index contributed by atoms with van der Waals surface area (Å²) in [6.45, 7) is 2.01. The van der Waals surface area contributed by atoms with E-state index in [4.69, 9.17) is 11.6 Å². The van der Waals surface area contributed by atoms with E-state index in [-0.39, 0.29) is 5.91 Å². The highest BCUT2D eigenvalue weighted by Crippen LogP contribution is 2.29. The summed E-state index contributed by atoms with van der Waals surface area (Å²) < 4.78 is 2.70. The van der Waals surface area contributed by atoms with E-state index >= 15 is 0 Å². The molecule has 0 aromatic heterocycles. The van der Waals surface area contributed by atoms with Gasteiger partial charge in [-0.2, -0.15) is 0 Å². The molecule has 5 heteroatoms. The first-order valence-electron chi connectivity index (χ1n) is 5.99. The number of halogens is 1. The fourth-order valence-electron chi connectivity index (χ4n) is 1.91. The number of rotatable bonds is 3. The van der Waals surface area contributed by atoms with Crippen molar-refractivity contribution >= 4 is 40.9 Å². The summed E-state index contributed by atoms with van der Waals surface area (Å²) in [5.41, 5.74) is 3.35. The molecule has 1 amide bonds. The molecule has 0 spiro atoms. The van der Waals surface area contributed by atoms with E-state index < -0.39 is 0 Å². The lowest BCUT2D eigenvalue weighted by Crippen LogP contribution is -2.15. The number of nitrogens with one attached hydrogen (secondary N) is 1. The number of benzene rings is 1. The van der Waals surface area contributed by atoms with Gasteiger partial charge in [0, 0.05) is 28.1 Å². The highest BCUT2D eigenvalue weighted by Gasteiger charge is 2.13. The Morgan fingerprint density at radius 2 is 2.26 bits per heavy atom. The molecule has 0 fully saturated rings. The van der Waals surface area contributed by atoms with E-state index in [9.17, 15) is 4.79 Å². The highest BCUT2D eigenvalue weighted by molar-refractivity contribution is 7.97. The third-order valence-corrected chi connectivity index (χ3v) is 3.57. The topological polar surface area (TPSA) is 41.5 Å². The van der Waals surface area contributed by atoms with Gasteiger partial charge in [0.05, 0.1) is 5.70 Å². The van der Waals surface area contributed by atoms with Crippen molar-refractivity contribution in [2.75, 3.05) is 6.26 Å². The lowest BCUT2D eigenvalue weighted by atomic mass is 10.0. The second kappa shape index (κ2) is 6.26. The summed E-state index contributed by atoms with van der Waals surface area (Å²) in [7, 11) is 0. The van der Waals surface area contributed by atoms with Gasteiger partial charge in [-0.3, -0.25) is 14.5 Å². The number of aliphatic imine (C=N–C) groups is 1. The zero-order valence-corrected chi connectivity index (χ0v) is 12.4. The molecule has 19 heavy (non-hydrogen) atoms. The van der Waals surface area contributed by atoms with Crippen LogP contribution in [0.1, 0.15) is 35.7 Å². The molecule has 2 rings (SSSR count). The van der Waals surface area contributed by atoms with Crippen LogP contribution in [0.3, 0.4) is 0 Å². The maximum absolute atomic E-state index is 11.8. The number of allylic oxidation sites excluding steroid dienone is 1. The molecular weight excluding hydrogens is 280 g/mol. The second-order valence-corrected chi connectivity index (χ2v) is 5.32. The zero-order chi connectivity index (χ0) is 13.8. The van der Waals surface area contributed by atoms with Crippen molar-refractivity contribution in [2.24, 2.45) is 4.99 Å². The standard InChI is InChI=1S/C14H15ClN2OS/c1-9-4-3-5-13(16-9)11-8-10(6-7-12(11)15)14(18)17-19-2/h5-8H,3-4H2,1-2H3,(H,17,18). The molecular formula is C14H15ClN2OS. The summed E-state index contributed by atoms with van der Waals surface area (Å²) in [5.74, 6) is -0.123. The number of nitrogens with zero attached hydrogens (tertiary/aromatic N) is 1. The quantitative estimate of drug-likeness (QED) is 0.858. The first kappa shape index (κ1) is 14.2. The summed E-state index contributed by atoms with van der Waals surface area (Å²) in [5, 5.41) is 0.616. The third-order valence-electron chi connectivity index (χ3n) is 2.85. The van der Waals surface area contributed by atoms with Crippen LogP contribution in [-0.4, -0.2) is 17.9 Å². The molecule has 0 radical (unpaired) electrons. The van der Waals surface area contributed by atoms with Gasteiger partial charge in [-0.25, -0.2) is 0 Å². The Balaban J connectivity index is 2.38. The average Bonchev–Trinajstić information content (AvgIpc) is 2.39. The van der Waals surface area contributed by atoms with Crippen molar-refractivity contribution in [3.05, 3.63) is 40.4 Å². The van der Waals surface area contributed by atoms with Gasteiger partial charge < -0.3 is 0 Å². The Morgan fingerprint density at radius 3 is 2.95 bits per heavy atom. The maximum atomic E-state index is 11.8. The highest BCUT2D eigenvalue weighted by atomic mass is 35.5. The zero-order valence-electron chi connectivity index (χ0n) is 10.9. The summed E-state index contributed by atoms with van der Waals surface area (Å²) in [6, 6.07) is 5.26. The average molecular weight is 295 g/mol. The van der Waals surface area contributed by atoms with Crippen LogP contribution in [0.15, 0.2) is 29.3 Å². The fourth-order valence-corrected chi connectivity index (χ4v) is 2.43. The van der Waals surface area contributed by atoms with Crippen LogP contribution in [0.5, 0.6) is 0 Å². The fraction of sp³-hybridized carbons (Fsp3) is 0.286. The number of hydrogen-bond acceptors (Lipinski definition) is 3. The molecule has 1 aliphatic rings. The molecule has 0 atom stereocenters. The molecule has 0 saturated carbocycles. The van der Waals surface area contributed by atoms with Crippen LogP contribution >= 0.6 is 23.5 Å². The molecule has 3 nitrogen and oxygen atoms in total. The second-order valence-electron chi connectivity index (χ2n) is 4.31. The normalized spacial score (nSPS) is 14.7. The summed E-state index contributed by atoms with van der Waals surface area (Å²) in [6.07, 6.45) is 5.81. The molecule has 100 valence electrons. The largest absolute Gasteiger partial charge is 0.296 e. The predicted molar refractivity (Wildman–Crippen MR) is 82.8 cm³/mol. The van der Waals surface area contributed by atoms with Crippen molar-refractivity contribution in [1.29, 1.82) is 0 Å². The van der Waals surface area contributed by atoms with Gasteiger partial charge in [0.15, 0.2) is 0 Å². The van der Waals surface area contributed by atoms with E-state index in [1.807, 2.05) is 13.2 Å². The lowest BCUT2D eigenvalue weighted by Gasteiger charge is -2.12. The van der Waals surface area contributed by atoms with Gasteiger partial charge in [0.25, 0.3) is 5.91 Å². The van der Waals surface area contributed by atoms with Crippen molar-refractivity contribution in [2.45, 2.75) is 19.8 Å². The molecule has 1 N–H and O–H groups in total. The molecule has 0 aliphatic carbocycles. The first-order chi connectivity index (χ1) is 9.11. The number of amides is 1. The molecule has 0 saturated heterocycles. The van der Waals surface area contributed by atoms with E-state index in [1.165, 1.54) is 11.9 Å². The minimum Gasteiger partial charge on any atom is -0.296 e. The van der Waals surface area contributed by atoms with E-state index in [0.29, 0.717) is 10.6 Å². The molecule has 1 aliphatic heterocycles. The molecule has 1 heterocycles. The van der Waals surface area contributed by atoms with Gasteiger partial charge in [-0.05, 0) is 38.0 Å². The lowest BCUT2D eigenvalue weighted by molar-refractivity contribution is 0.0984. The van der Waals surface area contributed by atoms with Crippen LogP contribution in [0.2, 0.25) is 5.02 Å². The van der Waals surface area contributed by atoms with Crippen molar-refractivity contribution in [1.82, 2.24) is 4.72 Å². The van der Waals surface area contributed by atoms with Gasteiger partial charge >= 0.3 is 0 Å². The third kappa shape index (κ3) is 3.39. The van der Waals surface area contributed by atoms with Crippen LogP contribution < -0.4 is 4.72 Å². The van der Waals surface area contributed by atoms with Crippen LogP contribution in [-0.2, 0) is 0 Å². The minimum absolute atomic E-state index is 0.123.